The fourth-order valence-corrected chi connectivity index (χ4v) is 7.51. The Kier molecular flexibility index (Phi) is 2.96. The van der Waals surface area contributed by atoms with E-state index >= 15 is 0 Å². The van der Waals surface area contributed by atoms with E-state index in [9.17, 15) is 0 Å². The van der Waals surface area contributed by atoms with Gasteiger partial charge < -0.3 is 0 Å². The van der Waals surface area contributed by atoms with Gasteiger partial charge in [-0.1, -0.05) is 0 Å². The van der Waals surface area contributed by atoms with Crippen molar-refractivity contribution in [2.45, 2.75) is 38.8 Å². The summed E-state index contributed by atoms with van der Waals surface area (Å²) in [5.41, 5.74) is 0.723. The van der Waals surface area contributed by atoms with Crippen LogP contribution in [0.3, 0.4) is 0 Å². The Balaban J connectivity index is 1.98. The molecule has 3 N–H and O–H groups in total. The summed E-state index contributed by atoms with van der Waals surface area (Å²) in [6.07, 6.45) is 0. The van der Waals surface area contributed by atoms with Crippen LogP contribution in [0.25, 0.3) is 0 Å². The Bertz CT molecular complexity index is 492. The van der Waals surface area contributed by atoms with Crippen molar-refractivity contribution < 1.29 is 9.05 Å². The van der Waals surface area contributed by atoms with Crippen LogP contribution in [0.4, 0.5) is 5.69 Å². The summed E-state index contributed by atoms with van der Waals surface area (Å²) in [5, 5.41) is 10.7. The van der Waals surface area contributed by atoms with Crippen LogP contribution in [0.2, 0.25) is 0 Å². The van der Waals surface area contributed by atoms with Gasteiger partial charge in [0.25, 0.3) is 0 Å². The molecule has 0 radical (unpaired) electrons. The molecular weight excluding hydrogens is 273 g/mol. The summed E-state index contributed by atoms with van der Waals surface area (Å²) in [6.45, 7) is 9.70. The summed E-state index contributed by atoms with van der Waals surface area (Å²) in [6, 6.07) is 10.0. The van der Waals surface area contributed by atoms with Crippen LogP contribution in [0.5, 0.6) is 0 Å². The number of hydrogen-bond acceptors (Lipinski definition) is 5. The minimum absolute atomic E-state index is 0.132. The number of rotatable bonds is 2. The number of benzene rings is 1. The molecule has 0 amide bonds. The van der Waals surface area contributed by atoms with Crippen molar-refractivity contribution in [3.05, 3.63) is 30.3 Å². The first-order valence-corrected chi connectivity index (χ1v) is 9.05. The molecule has 0 saturated carbocycles. The summed E-state index contributed by atoms with van der Waals surface area (Å²) >= 11 is 0. The van der Waals surface area contributed by atoms with Gasteiger partial charge in [0.05, 0.1) is 0 Å². The fourth-order valence-electron chi connectivity index (χ4n) is 2.80. The minimum atomic E-state index is -3.27. The molecule has 0 bridgehead atoms. The van der Waals surface area contributed by atoms with Gasteiger partial charge in [0, 0.05) is 0 Å². The molecule has 0 unspecified atom stereocenters. The van der Waals surface area contributed by atoms with Crippen molar-refractivity contribution in [2.75, 3.05) is 18.3 Å². The van der Waals surface area contributed by atoms with Crippen LogP contribution in [0.15, 0.2) is 30.3 Å². The second kappa shape index (κ2) is 4.15. The van der Waals surface area contributed by atoms with E-state index in [0.29, 0.717) is 13.2 Å². The number of nitrogens with one attached hydrogen (secondary N) is 3. The van der Waals surface area contributed by atoms with Crippen molar-refractivity contribution in [1.29, 1.82) is 0 Å². The van der Waals surface area contributed by atoms with E-state index < -0.39 is 7.51 Å². The summed E-state index contributed by atoms with van der Waals surface area (Å²) in [7, 11) is -3.27. The van der Waals surface area contributed by atoms with E-state index in [2.05, 4.69) is 43.0 Å². The third-order valence-corrected chi connectivity index (χ3v) is 7.39. The Morgan fingerprint density at radius 2 is 1.45 bits per heavy atom. The predicted octanol–water partition coefficient (Wildman–Crippen LogP) is 3.02. The van der Waals surface area contributed by atoms with Crippen LogP contribution in [-0.2, 0) is 9.05 Å². The van der Waals surface area contributed by atoms with E-state index in [4.69, 9.17) is 9.05 Å². The summed E-state index contributed by atoms with van der Waals surface area (Å²) < 4.78 is 12.4. The van der Waals surface area contributed by atoms with Gasteiger partial charge in [-0.05, 0) is 0 Å². The molecule has 0 atom stereocenters. The van der Waals surface area contributed by atoms with Gasteiger partial charge in [-0.25, -0.2) is 0 Å². The topological polar surface area (TPSA) is 54.5 Å². The van der Waals surface area contributed by atoms with Gasteiger partial charge in [0.2, 0.25) is 0 Å². The zero-order valence-electron chi connectivity index (χ0n) is 12.6. The summed E-state index contributed by atoms with van der Waals surface area (Å²) in [4.78, 5) is 0. The Labute approximate surface area is 120 Å². The molecule has 0 aromatic heterocycles. The van der Waals surface area contributed by atoms with Crippen LogP contribution in [0.1, 0.15) is 27.7 Å². The first-order chi connectivity index (χ1) is 9.22. The number of hydrogen-bond donors (Lipinski definition) is 3. The molecule has 2 aliphatic heterocycles. The van der Waals surface area contributed by atoms with Crippen molar-refractivity contribution in [3.63, 3.8) is 0 Å². The quantitative estimate of drug-likeness (QED) is 0.733. The molecule has 2 heterocycles. The SMILES string of the molecule is CC1(C)COP2(Nc3ccccc3)(N1)NC(C)(C)CO2. The number of anilines is 1. The maximum atomic E-state index is 6.22. The average molecular weight is 297 g/mol. The van der Waals surface area contributed by atoms with Gasteiger partial charge >= 0.3 is 120 Å². The van der Waals surface area contributed by atoms with Gasteiger partial charge in [0.1, 0.15) is 0 Å². The normalized spacial score (nSPS) is 30.7. The van der Waals surface area contributed by atoms with E-state index in [1.807, 2.05) is 30.3 Å². The van der Waals surface area contributed by atoms with E-state index in [1.54, 1.807) is 0 Å². The molecule has 6 heteroatoms. The van der Waals surface area contributed by atoms with Crippen LogP contribution < -0.4 is 15.3 Å². The molecule has 1 spiro atoms. The van der Waals surface area contributed by atoms with Crippen molar-refractivity contribution in [2.24, 2.45) is 0 Å². The van der Waals surface area contributed by atoms with Crippen LogP contribution >= 0.6 is 7.51 Å². The molecule has 20 heavy (non-hydrogen) atoms. The standard InChI is InChI=1S/C14H24N3O2P/c1-13(2)10-18-20(16-13,17-14(3,4)11-19-20)15-12-8-6-5-7-9-12/h5-9,15-17H,10-11H2,1-4H3. The molecule has 112 valence electrons. The molecule has 0 aliphatic carbocycles. The second-order valence-corrected chi connectivity index (χ2v) is 10.1. The second-order valence-electron chi connectivity index (χ2n) is 6.97. The van der Waals surface area contributed by atoms with E-state index in [1.165, 1.54) is 0 Å². The molecule has 1 aromatic carbocycles. The molecule has 2 saturated heterocycles. The predicted molar refractivity (Wildman–Crippen MR) is 83.3 cm³/mol. The zero-order chi connectivity index (χ0) is 14.5. The molecule has 2 aliphatic rings. The van der Waals surface area contributed by atoms with E-state index in [0.717, 1.165) is 5.69 Å². The first-order valence-electron chi connectivity index (χ1n) is 6.98. The molecule has 1 aromatic rings. The molecule has 5 nitrogen and oxygen atoms in total. The average Bonchev–Trinajstić information content (AvgIpc) is 2.76. The first kappa shape index (κ1) is 14.2. The van der Waals surface area contributed by atoms with E-state index in [-0.39, 0.29) is 11.1 Å². The third-order valence-electron chi connectivity index (χ3n) is 3.46. The van der Waals surface area contributed by atoms with Crippen LogP contribution in [0, 0.1) is 0 Å². The monoisotopic (exact) mass is 297 g/mol. The van der Waals surface area contributed by atoms with Gasteiger partial charge in [-0.3, -0.25) is 0 Å². The maximum absolute atomic E-state index is 6.22. The third kappa shape index (κ3) is 2.45. The molecule has 2 fully saturated rings. The zero-order valence-corrected chi connectivity index (χ0v) is 13.5. The number of para-hydroxylation sites is 1. The molecular formula is C14H24N3O2P. The van der Waals surface area contributed by atoms with Crippen molar-refractivity contribution in [1.82, 2.24) is 10.2 Å². The Morgan fingerprint density at radius 1 is 0.950 bits per heavy atom. The Hall–Kier alpha value is -0.710. The summed E-state index contributed by atoms with van der Waals surface area (Å²) in [5.74, 6) is 0. The van der Waals surface area contributed by atoms with Gasteiger partial charge in [-0.2, -0.15) is 0 Å². The fraction of sp³-hybridized carbons (Fsp3) is 0.571. The molecule has 3 rings (SSSR count). The van der Waals surface area contributed by atoms with Gasteiger partial charge in [0.15, 0.2) is 0 Å². The van der Waals surface area contributed by atoms with Crippen molar-refractivity contribution >= 4 is 13.2 Å². The van der Waals surface area contributed by atoms with Crippen LogP contribution in [-0.4, -0.2) is 24.3 Å². The van der Waals surface area contributed by atoms with Gasteiger partial charge in [-0.15, -0.1) is 0 Å². The Morgan fingerprint density at radius 3 is 1.85 bits per heavy atom. The van der Waals surface area contributed by atoms with Crippen molar-refractivity contribution in [3.8, 4) is 0 Å².